The molecule has 2 heterocycles. The Balaban J connectivity index is 1.02. The van der Waals surface area contributed by atoms with Gasteiger partial charge in [0.15, 0.2) is 0 Å². The summed E-state index contributed by atoms with van der Waals surface area (Å²) in [6, 6.07) is 78.1. The van der Waals surface area contributed by atoms with E-state index in [9.17, 15) is 0 Å². The molecule has 57 heavy (non-hydrogen) atoms. The molecule has 0 bridgehead atoms. The molecule has 0 aliphatic rings. The molecule has 0 amide bonds. The minimum atomic E-state index is 0.868. The van der Waals surface area contributed by atoms with E-state index in [0.29, 0.717) is 0 Å². The Morgan fingerprint density at radius 3 is 1.60 bits per heavy atom. The molecule has 2 aromatic heterocycles. The number of benzene rings is 9. The van der Waals surface area contributed by atoms with Crippen LogP contribution in [0.1, 0.15) is 0 Å². The Morgan fingerprint density at radius 1 is 0.316 bits per heavy atom. The number of hydrogen-bond donors (Lipinski definition) is 0. The molecule has 0 aliphatic heterocycles. The summed E-state index contributed by atoms with van der Waals surface area (Å²) in [6.07, 6.45) is 0. The first-order chi connectivity index (χ1) is 28.3. The van der Waals surface area contributed by atoms with Gasteiger partial charge in [0.25, 0.3) is 0 Å². The summed E-state index contributed by atoms with van der Waals surface area (Å²) >= 11 is 0. The van der Waals surface area contributed by atoms with Gasteiger partial charge in [-0.25, -0.2) is 0 Å². The summed E-state index contributed by atoms with van der Waals surface area (Å²) in [5.41, 5.74) is 15.6. The Bertz CT molecular complexity index is 3210. The zero-order valence-electron chi connectivity index (χ0n) is 31.1. The number of fused-ring (bicyclic) bond motifs is 6. The molecule has 0 atom stereocenters. The van der Waals surface area contributed by atoms with Gasteiger partial charge >= 0.3 is 0 Å². The largest absolute Gasteiger partial charge is 0.456 e. The normalized spacial score (nSPS) is 11.5. The van der Waals surface area contributed by atoms with Crippen LogP contribution in [0.15, 0.2) is 223 Å². The van der Waals surface area contributed by atoms with Gasteiger partial charge in [-0.15, -0.1) is 0 Å². The van der Waals surface area contributed by atoms with Crippen molar-refractivity contribution in [3.05, 3.63) is 218 Å². The van der Waals surface area contributed by atoms with Gasteiger partial charge in [-0.1, -0.05) is 146 Å². The summed E-state index contributed by atoms with van der Waals surface area (Å²) < 4.78 is 8.80. The fourth-order valence-electron chi connectivity index (χ4n) is 8.48. The summed E-state index contributed by atoms with van der Waals surface area (Å²) in [5, 5.41) is 4.72. The van der Waals surface area contributed by atoms with Gasteiger partial charge in [0.1, 0.15) is 11.2 Å². The number of aromatic nitrogens is 1. The topological polar surface area (TPSA) is 21.3 Å². The minimum Gasteiger partial charge on any atom is -0.456 e. The summed E-state index contributed by atoms with van der Waals surface area (Å²) in [7, 11) is 0. The zero-order valence-corrected chi connectivity index (χ0v) is 31.1. The SMILES string of the molecule is c1ccc(-c2ccc(N(c3ccc(-c4ccccc4-n4c5ccccc5c5cc(-c6ccccc6)ccc54)cc3)c3ccc4c(c3)oc3ccccc34)cc2)cc1. The highest BCUT2D eigenvalue weighted by Crippen LogP contribution is 2.42. The third kappa shape index (κ3) is 5.68. The third-order valence-electron chi connectivity index (χ3n) is 11.2. The van der Waals surface area contributed by atoms with Crippen molar-refractivity contribution < 1.29 is 4.42 Å². The monoisotopic (exact) mass is 728 g/mol. The number of nitrogens with zero attached hydrogens (tertiary/aromatic N) is 2. The molecule has 0 fully saturated rings. The van der Waals surface area contributed by atoms with Crippen molar-refractivity contribution in [2.24, 2.45) is 0 Å². The molecule has 11 aromatic rings. The Labute approximate surface area is 330 Å². The van der Waals surface area contributed by atoms with Crippen LogP contribution in [-0.2, 0) is 0 Å². The van der Waals surface area contributed by atoms with E-state index in [1.807, 2.05) is 12.1 Å². The molecule has 11 rings (SSSR count). The van der Waals surface area contributed by atoms with Crippen LogP contribution in [0, 0.1) is 0 Å². The van der Waals surface area contributed by atoms with E-state index in [1.54, 1.807) is 0 Å². The van der Waals surface area contributed by atoms with Crippen molar-refractivity contribution in [2.45, 2.75) is 0 Å². The Kier molecular flexibility index (Phi) is 7.82. The lowest BCUT2D eigenvalue weighted by molar-refractivity contribution is 0.669. The van der Waals surface area contributed by atoms with Gasteiger partial charge in [-0.2, -0.15) is 0 Å². The highest BCUT2D eigenvalue weighted by Gasteiger charge is 2.19. The number of hydrogen-bond acceptors (Lipinski definition) is 2. The first-order valence-corrected chi connectivity index (χ1v) is 19.4. The molecule has 0 radical (unpaired) electrons. The lowest BCUT2D eigenvalue weighted by Gasteiger charge is -2.26. The number of furan rings is 1. The van der Waals surface area contributed by atoms with E-state index >= 15 is 0 Å². The summed E-state index contributed by atoms with van der Waals surface area (Å²) in [6.45, 7) is 0. The van der Waals surface area contributed by atoms with Gasteiger partial charge in [0.2, 0.25) is 0 Å². The molecule has 0 saturated heterocycles. The number of rotatable bonds is 7. The van der Waals surface area contributed by atoms with E-state index < -0.39 is 0 Å². The summed E-state index contributed by atoms with van der Waals surface area (Å²) in [4.78, 5) is 2.31. The Hall–Kier alpha value is -7.62. The predicted molar refractivity (Wildman–Crippen MR) is 239 cm³/mol. The van der Waals surface area contributed by atoms with Crippen molar-refractivity contribution in [1.29, 1.82) is 0 Å². The van der Waals surface area contributed by atoms with Gasteiger partial charge in [-0.05, 0) is 94.5 Å². The maximum Gasteiger partial charge on any atom is 0.137 e. The molecule has 0 aliphatic carbocycles. The maximum absolute atomic E-state index is 6.38. The second kappa shape index (κ2) is 13.6. The van der Waals surface area contributed by atoms with Crippen LogP contribution in [0.3, 0.4) is 0 Å². The van der Waals surface area contributed by atoms with Gasteiger partial charge in [0, 0.05) is 50.2 Å². The standard InChI is InChI=1S/C54H36N2O/c1-3-13-37(14-4-1)39-23-28-42(29-24-39)55(44-32-33-48-47-19-9-12-22-53(47)57-54(48)36-44)43-30-25-40(26-31-43)45-17-7-10-20-50(45)56-51-21-11-8-18-46(51)49-35-41(27-34-52(49)56)38-15-5-2-6-16-38/h1-36H. The third-order valence-corrected chi connectivity index (χ3v) is 11.2. The molecule has 3 nitrogen and oxygen atoms in total. The van der Waals surface area contributed by atoms with Crippen molar-refractivity contribution in [2.75, 3.05) is 4.90 Å². The Morgan fingerprint density at radius 2 is 0.842 bits per heavy atom. The average Bonchev–Trinajstić information content (AvgIpc) is 3.83. The molecular formula is C54H36N2O. The van der Waals surface area contributed by atoms with E-state index in [1.165, 1.54) is 49.6 Å². The van der Waals surface area contributed by atoms with Crippen LogP contribution < -0.4 is 4.90 Å². The quantitative estimate of drug-likeness (QED) is 0.163. The van der Waals surface area contributed by atoms with Crippen LogP contribution in [-0.4, -0.2) is 4.57 Å². The van der Waals surface area contributed by atoms with Crippen molar-refractivity contribution in [1.82, 2.24) is 4.57 Å². The van der Waals surface area contributed by atoms with Crippen molar-refractivity contribution in [3.8, 4) is 39.1 Å². The second-order valence-corrected chi connectivity index (χ2v) is 14.5. The smallest absolute Gasteiger partial charge is 0.137 e. The maximum atomic E-state index is 6.38. The van der Waals surface area contributed by atoms with E-state index in [0.717, 1.165) is 50.3 Å². The van der Waals surface area contributed by atoms with Crippen LogP contribution in [0.2, 0.25) is 0 Å². The first kappa shape index (κ1) is 32.8. The molecular weight excluding hydrogens is 693 g/mol. The highest BCUT2D eigenvalue weighted by atomic mass is 16.3. The van der Waals surface area contributed by atoms with Crippen molar-refractivity contribution >= 4 is 60.8 Å². The zero-order chi connectivity index (χ0) is 37.7. The first-order valence-electron chi connectivity index (χ1n) is 19.4. The van der Waals surface area contributed by atoms with E-state index in [-0.39, 0.29) is 0 Å². The number of anilines is 3. The second-order valence-electron chi connectivity index (χ2n) is 14.5. The fourth-order valence-corrected chi connectivity index (χ4v) is 8.48. The van der Waals surface area contributed by atoms with Gasteiger partial charge in [0.05, 0.1) is 16.7 Å². The molecule has 0 saturated carbocycles. The molecule has 9 aromatic carbocycles. The minimum absolute atomic E-state index is 0.868. The van der Waals surface area contributed by atoms with Gasteiger partial charge < -0.3 is 13.9 Å². The average molecular weight is 729 g/mol. The van der Waals surface area contributed by atoms with Crippen LogP contribution in [0.4, 0.5) is 17.1 Å². The molecule has 0 spiro atoms. The highest BCUT2D eigenvalue weighted by molar-refractivity contribution is 6.11. The van der Waals surface area contributed by atoms with Crippen LogP contribution >= 0.6 is 0 Å². The molecule has 268 valence electrons. The fraction of sp³-hybridized carbons (Fsp3) is 0. The van der Waals surface area contributed by atoms with Crippen molar-refractivity contribution in [3.63, 3.8) is 0 Å². The lowest BCUT2D eigenvalue weighted by atomic mass is 10.0. The van der Waals surface area contributed by atoms with Gasteiger partial charge in [-0.3, -0.25) is 0 Å². The summed E-state index contributed by atoms with van der Waals surface area (Å²) in [5.74, 6) is 0. The molecule has 3 heteroatoms. The van der Waals surface area contributed by atoms with E-state index in [2.05, 4.69) is 216 Å². The predicted octanol–water partition coefficient (Wildman–Crippen LogP) is 15.2. The van der Waals surface area contributed by atoms with Crippen LogP contribution in [0.25, 0.3) is 82.8 Å². The van der Waals surface area contributed by atoms with Crippen LogP contribution in [0.5, 0.6) is 0 Å². The lowest BCUT2D eigenvalue weighted by Crippen LogP contribution is -2.09. The molecule has 0 N–H and O–H groups in total. The molecule has 0 unspecified atom stereocenters. The number of para-hydroxylation sites is 3. The van der Waals surface area contributed by atoms with E-state index in [4.69, 9.17) is 4.42 Å².